The Morgan fingerprint density at radius 1 is 1.27 bits per heavy atom. The number of nitrogens with zero attached hydrogens (tertiary/aromatic N) is 1. The second-order valence-electron chi connectivity index (χ2n) is 5.84. The molecule has 4 heteroatoms. The smallest absolute Gasteiger partial charge is 0.220 e. The van der Waals surface area contributed by atoms with Crippen molar-refractivity contribution in [1.29, 1.82) is 0 Å². The molecule has 0 heterocycles. The Morgan fingerprint density at radius 3 is 2.59 bits per heavy atom. The Bertz CT molecular complexity index is 427. The number of terminal acetylenes is 1. The number of rotatable bonds is 8. The molecule has 0 aromatic rings. The normalized spacial score (nSPS) is 22.5. The minimum atomic E-state index is -0.175. The summed E-state index contributed by atoms with van der Waals surface area (Å²) in [4.78, 5) is 16.0. The van der Waals surface area contributed by atoms with Crippen LogP contribution in [0.3, 0.4) is 0 Å². The predicted octanol–water partition coefficient (Wildman–Crippen LogP) is 2.96. The summed E-state index contributed by atoms with van der Waals surface area (Å²) in [6.45, 7) is 1.96. The number of allylic oxidation sites excluding steroid dienone is 2. The number of carbonyl (C=O) groups excluding carboxylic acids is 1. The number of hydrogen-bond donors (Lipinski definition) is 2. The minimum absolute atomic E-state index is 0.137. The van der Waals surface area contributed by atoms with Crippen molar-refractivity contribution < 1.29 is 9.90 Å². The van der Waals surface area contributed by atoms with Crippen molar-refractivity contribution in [1.82, 2.24) is 5.32 Å². The molecule has 2 N–H and O–H groups in total. The first kappa shape index (κ1) is 18.4. The lowest BCUT2D eigenvalue weighted by atomic mass is 9.93. The monoisotopic (exact) mass is 304 g/mol. The SMILES string of the molecule is C#CC=N/C(=C\C)CCCCCC(=O)NC1CCC(O)CC1. The maximum atomic E-state index is 11.9. The van der Waals surface area contributed by atoms with E-state index in [4.69, 9.17) is 6.42 Å². The van der Waals surface area contributed by atoms with Crippen LogP contribution in [0.1, 0.15) is 64.7 Å². The first-order valence-corrected chi connectivity index (χ1v) is 8.27. The van der Waals surface area contributed by atoms with Crippen molar-refractivity contribution in [3.8, 4) is 12.3 Å². The third kappa shape index (κ3) is 7.99. The van der Waals surface area contributed by atoms with Crippen LogP contribution in [-0.2, 0) is 4.79 Å². The van der Waals surface area contributed by atoms with Gasteiger partial charge in [-0.2, -0.15) is 0 Å². The molecule has 0 saturated heterocycles. The van der Waals surface area contributed by atoms with Crippen LogP contribution in [0.15, 0.2) is 16.8 Å². The van der Waals surface area contributed by atoms with Crippen LogP contribution in [0.4, 0.5) is 0 Å². The molecule has 122 valence electrons. The van der Waals surface area contributed by atoms with Gasteiger partial charge < -0.3 is 10.4 Å². The van der Waals surface area contributed by atoms with E-state index in [-0.39, 0.29) is 18.1 Å². The van der Waals surface area contributed by atoms with Gasteiger partial charge >= 0.3 is 0 Å². The minimum Gasteiger partial charge on any atom is -0.393 e. The van der Waals surface area contributed by atoms with E-state index in [0.717, 1.165) is 57.1 Å². The van der Waals surface area contributed by atoms with Gasteiger partial charge in [0.2, 0.25) is 5.91 Å². The highest BCUT2D eigenvalue weighted by Crippen LogP contribution is 2.18. The van der Waals surface area contributed by atoms with Crippen LogP contribution in [0.5, 0.6) is 0 Å². The van der Waals surface area contributed by atoms with Gasteiger partial charge in [-0.05, 0) is 51.9 Å². The van der Waals surface area contributed by atoms with Gasteiger partial charge in [-0.15, -0.1) is 6.42 Å². The van der Waals surface area contributed by atoms with Gasteiger partial charge in [0.05, 0.1) is 12.3 Å². The zero-order chi connectivity index (χ0) is 16.2. The number of aliphatic hydroxyl groups is 1. The summed E-state index contributed by atoms with van der Waals surface area (Å²) in [5, 5.41) is 12.5. The molecule has 0 unspecified atom stereocenters. The van der Waals surface area contributed by atoms with Crippen molar-refractivity contribution >= 4 is 12.1 Å². The number of aliphatic hydroxyl groups excluding tert-OH is 1. The summed E-state index contributed by atoms with van der Waals surface area (Å²) in [7, 11) is 0. The van der Waals surface area contributed by atoms with Crippen molar-refractivity contribution in [3.05, 3.63) is 11.8 Å². The third-order valence-electron chi connectivity index (χ3n) is 4.04. The van der Waals surface area contributed by atoms with Gasteiger partial charge in [0, 0.05) is 18.2 Å². The second-order valence-corrected chi connectivity index (χ2v) is 5.84. The van der Waals surface area contributed by atoms with E-state index in [2.05, 4.69) is 16.2 Å². The lowest BCUT2D eigenvalue weighted by Crippen LogP contribution is -2.38. The van der Waals surface area contributed by atoms with Gasteiger partial charge in [0.1, 0.15) is 0 Å². The van der Waals surface area contributed by atoms with Crippen LogP contribution in [0.25, 0.3) is 0 Å². The molecule has 1 aliphatic rings. The lowest BCUT2D eigenvalue weighted by Gasteiger charge is -2.26. The molecule has 0 aromatic heterocycles. The average molecular weight is 304 g/mol. The van der Waals surface area contributed by atoms with Gasteiger partial charge in [-0.1, -0.05) is 18.4 Å². The van der Waals surface area contributed by atoms with Gasteiger partial charge in [0.25, 0.3) is 0 Å². The average Bonchev–Trinajstić information content (AvgIpc) is 2.52. The summed E-state index contributed by atoms with van der Waals surface area (Å²) < 4.78 is 0. The number of carbonyl (C=O) groups is 1. The molecule has 0 aromatic carbocycles. The van der Waals surface area contributed by atoms with E-state index in [9.17, 15) is 9.90 Å². The zero-order valence-corrected chi connectivity index (χ0v) is 13.6. The highest BCUT2D eigenvalue weighted by atomic mass is 16.3. The molecule has 1 aliphatic carbocycles. The molecule has 0 spiro atoms. The maximum Gasteiger partial charge on any atom is 0.220 e. The van der Waals surface area contributed by atoms with Crippen LogP contribution < -0.4 is 5.32 Å². The van der Waals surface area contributed by atoms with Crippen molar-refractivity contribution in [2.75, 3.05) is 0 Å². The van der Waals surface area contributed by atoms with Crippen molar-refractivity contribution in [2.24, 2.45) is 4.99 Å². The quantitative estimate of drug-likeness (QED) is 0.411. The zero-order valence-electron chi connectivity index (χ0n) is 13.6. The van der Waals surface area contributed by atoms with Gasteiger partial charge in [-0.25, -0.2) is 0 Å². The fraction of sp³-hybridized carbons (Fsp3) is 0.667. The number of nitrogens with one attached hydrogen (secondary N) is 1. The fourth-order valence-corrected chi connectivity index (χ4v) is 2.69. The van der Waals surface area contributed by atoms with E-state index in [1.807, 2.05) is 13.0 Å². The maximum absolute atomic E-state index is 11.9. The summed E-state index contributed by atoms with van der Waals surface area (Å²) >= 11 is 0. The molecule has 0 radical (unpaired) electrons. The Balaban J connectivity index is 2.08. The molecular weight excluding hydrogens is 276 g/mol. The highest BCUT2D eigenvalue weighted by molar-refractivity contribution is 5.78. The van der Waals surface area contributed by atoms with Crippen LogP contribution in [0, 0.1) is 12.3 Å². The Labute approximate surface area is 134 Å². The second kappa shape index (κ2) is 11.0. The predicted molar refractivity (Wildman–Crippen MR) is 90.6 cm³/mol. The van der Waals surface area contributed by atoms with Crippen LogP contribution >= 0.6 is 0 Å². The van der Waals surface area contributed by atoms with E-state index >= 15 is 0 Å². The molecule has 4 nitrogen and oxygen atoms in total. The first-order valence-electron chi connectivity index (χ1n) is 8.27. The highest BCUT2D eigenvalue weighted by Gasteiger charge is 2.20. The topological polar surface area (TPSA) is 61.7 Å². The Morgan fingerprint density at radius 2 is 1.95 bits per heavy atom. The standard InChI is InChI=1S/C18H28N2O2/c1-3-14-19-15(4-2)8-6-5-7-9-18(22)20-16-10-12-17(21)13-11-16/h1,4,14,16-17,21H,5-13H2,2H3,(H,20,22)/b15-4-,19-14?. The Kier molecular flexibility index (Phi) is 9.25. The summed E-state index contributed by atoms with van der Waals surface area (Å²) in [6.07, 6.45) is 16.2. The van der Waals surface area contributed by atoms with Crippen LogP contribution in [0.2, 0.25) is 0 Å². The van der Waals surface area contributed by atoms with E-state index in [1.165, 1.54) is 6.21 Å². The molecule has 0 aliphatic heterocycles. The fourth-order valence-electron chi connectivity index (χ4n) is 2.69. The lowest BCUT2D eigenvalue weighted by molar-refractivity contribution is -0.122. The first-order chi connectivity index (χ1) is 10.7. The summed E-state index contributed by atoms with van der Waals surface area (Å²) in [5.41, 5.74) is 1.00. The van der Waals surface area contributed by atoms with E-state index in [0.29, 0.717) is 6.42 Å². The van der Waals surface area contributed by atoms with Gasteiger partial charge in [0.15, 0.2) is 0 Å². The number of unbranched alkanes of at least 4 members (excludes halogenated alkanes) is 2. The molecule has 22 heavy (non-hydrogen) atoms. The number of hydrogen-bond acceptors (Lipinski definition) is 3. The number of amides is 1. The summed E-state index contributed by atoms with van der Waals surface area (Å²) in [6, 6.07) is 0.253. The molecule has 0 bridgehead atoms. The van der Waals surface area contributed by atoms with Crippen LogP contribution in [-0.4, -0.2) is 29.4 Å². The van der Waals surface area contributed by atoms with Crippen molar-refractivity contribution in [2.45, 2.75) is 76.9 Å². The molecule has 1 rings (SSSR count). The van der Waals surface area contributed by atoms with Crippen molar-refractivity contribution in [3.63, 3.8) is 0 Å². The van der Waals surface area contributed by atoms with E-state index in [1.54, 1.807) is 0 Å². The molecular formula is C18H28N2O2. The molecule has 0 atom stereocenters. The Hall–Kier alpha value is -1.60. The van der Waals surface area contributed by atoms with E-state index < -0.39 is 0 Å². The molecule has 1 saturated carbocycles. The summed E-state index contributed by atoms with van der Waals surface area (Å²) in [5.74, 6) is 2.53. The number of aliphatic imine (C=N–C) groups is 1. The van der Waals surface area contributed by atoms with Gasteiger partial charge in [-0.3, -0.25) is 9.79 Å². The molecule has 1 amide bonds. The molecule has 1 fully saturated rings. The largest absolute Gasteiger partial charge is 0.393 e. The third-order valence-corrected chi connectivity index (χ3v) is 4.04.